The van der Waals surface area contributed by atoms with Gasteiger partial charge in [0.15, 0.2) is 0 Å². The van der Waals surface area contributed by atoms with Gasteiger partial charge in [-0.1, -0.05) is 0 Å². The maximum absolute atomic E-state index is 5.60. The SMILES string of the molecule is B(Oc1ccc2nccnc2c1)Oc1ccc2nccnc2c1. The van der Waals surface area contributed by atoms with Crippen molar-refractivity contribution in [3.05, 3.63) is 61.2 Å². The van der Waals surface area contributed by atoms with E-state index in [0.29, 0.717) is 11.5 Å². The number of fused-ring (bicyclic) bond motifs is 2. The van der Waals surface area contributed by atoms with E-state index in [0.717, 1.165) is 22.1 Å². The van der Waals surface area contributed by atoms with Crippen LogP contribution in [0, 0.1) is 0 Å². The van der Waals surface area contributed by atoms with Gasteiger partial charge in [0.2, 0.25) is 0 Å². The van der Waals surface area contributed by atoms with Gasteiger partial charge in [-0.3, -0.25) is 19.9 Å². The molecular formula is C16H11BN4O2. The molecule has 0 saturated heterocycles. The Morgan fingerprint density at radius 3 is 1.48 bits per heavy atom. The van der Waals surface area contributed by atoms with Crippen LogP contribution < -0.4 is 9.31 Å². The van der Waals surface area contributed by atoms with Gasteiger partial charge in [-0.15, -0.1) is 0 Å². The van der Waals surface area contributed by atoms with Crippen LogP contribution in [-0.4, -0.2) is 27.6 Å². The smallest absolute Gasteiger partial charge is 0.528 e. The van der Waals surface area contributed by atoms with E-state index in [1.54, 1.807) is 24.8 Å². The third kappa shape index (κ3) is 2.89. The summed E-state index contributed by atoms with van der Waals surface area (Å²) in [6, 6.07) is 11.1. The Morgan fingerprint density at radius 2 is 1.00 bits per heavy atom. The van der Waals surface area contributed by atoms with Crippen molar-refractivity contribution in [2.45, 2.75) is 0 Å². The first-order chi connectivity index (χ1) is 11.4. The van der Waals surface area contributed by atoms with Gasteiger partial charge in [-0.2, -0.15) is 0 Å². The molecule has 2 heterocycles. The summed E-state index contributed by atoms with van der Waals surface area (Å²) in [5.74, 6) is 1.36. The molecule has 0 radical (unpaired) electrons. The summed E-state index contributed by atoms with van der Waals surface area (Å²) < 4.78 is 11.2. The molecule has 0 fully saturated rings. The summed E-state index contributed by atoms with van der Waals surface area (Å²) >= 11 is 0. The lowest BCUT2D eigenvalue weighted by Gasteiger charge is -2.08. The molecule has 0 amide bonds. The van der Waals surface area contributed by atoms with Crippen molar-refractivity contribution in [3.8, 4) is 11.5 Å². The van der Waals surface area contributed by atoms with Crippen LogP contribution in [0.25, 0.3) is 22.1 Å². The average molecular weight is 302 g/mol. The Bertz CT molecular complexity index is 901. The van der Waals surface area contributed by atoms with E-state index in [2.05, 4.69) is 19.9 Å². The molecule has 2 aromatic carbocycles. The van der Waals surface area contributed by atoms with Crippen LogP contribution in [0.3, 0.4) is 0 Å². The van der Waals surface area contributed by atoms with Crippen LogP contribution in [0.5, 0.6) is 11.5 Å². The van der Waals surface area contributed by atoms with Crippen LogP contribution in [-0.2, 0) is 0 Å². The van der Waals surface area contributed by atoms with Crippen LogP contribution >= 0.6 is 0 Å². The number of nitrogens with zero attached hydrogens (tertiary/aromatic N) is 4. The third-order valence-corrected chi connectivity index (χ3v) is 3.33. The molecule has 0 saturated carbocycles. The topological polar surface area (TPSA) is 70.0 Å². The lowest BCUT2D eigenvalue weighted by Crippen LogP contribution is -2.10. The van der Waals surface area contributed by atoms with E-state index < -0.39 is 0 Å². The van der Waals surface area contributed by atoms with Gasteiger partial charge in [-0.25, -0.2) is 0 Å². The quantitative estimate of drug-likeness (QED) is 0.539. The zero-order valence-electron chi connectivity index (χ0n) is 12.1. The fourth-order valence-electron chi connectivity index (χ4n) is 2.23. The number of hydrogen-bond acceptors (Lipinski definition) is 6. The lowest BCUT2D eigenvalue weighted by atomic mass is 10.2. The van der Waals surface area contributed by atoms with Gasteiger partial charge in [0.1, 0.15) is 11.5 Å². The molecular weight excluding hydrogens is 291 g/mol. The second kappa shape index (κ2) is 5.88. The summed E-state index contributed by atoms with van der Waals surface area (Å²) in [6.45, 7) is 0. The van der Waals surface area contributed by atoms with Gasteiger partial charge >= 0.3 is 7.69 Å². The summed E-state index contributed by atoms with van der Waals surface area (Å²) in [5, 5.41) is 0. The van der Waals surface area contributed by atoms with Crippen molar-refractivity contribution in [1.82, 2.24) is 19.9 Å². The molecule has 4 rings (SSSR count). The first-order valence-corrected chi connectivity index (χ1v) is 7.06. The molecule has 0 spiro atoms. The van der Waals surface area contributed by atoms with Gasteiger partial charge in [0.05, 0.1) is 22.1 Å². The molecule has 0 bridgehead atoms. The van der Waals surface area contributed by atoms with Crippen LogP contribution in [0.4, 0.5) is 0 Å². The molecule has 7 heteroatoms. The normalized spacial score (nSPS) is 10.6. The van der Waals surface area contributed by atoms with E-state index in [4.69, 9.17) is 9.31 Å². The first-order valence-electron chi connectivity index (χ1n) is 7.06. The zero-order valence-corrected chi connectivity index (χ0v) is 12.1. The highest BCUT2D eigenvalue weighted by Crippen LogP contribution is 2.19. The highest BCUT2D eigenvalue weighted by molar-refractivity contribution is 6.20. The Hall–Kier alpha value is -3.22. The van der Waals surface area contributed by atoms with Crippen molar-refractivity contribution < 1.29 is 9.31 Å². The summed E-state index contributed by atoms with van der Waals surface area (Å²) in [7, 11) is 0.0948. The first kappa shape index (κ1) is 13.4. The highest BCUT2D eigenvalue weighted by atomic mass is 16.6. The Labute approximate surface area is 132 Å². The highest BCUT2D eigenvalue weighted by Gasteiger charge is 2.03. The second-order valence-corrected chi connectivity index (χ2v) is 4.82. The molecule has 0 aliphatic rings. The van der Waals surface area contributed by atoms with Crippen LogP contribution in [0.15, 0.2) is 61.2 Å². The van der Waals surface area contributed by atoms with Crippen molar-refractivity contribution in [2.24, 2.45) is 0 Å². The Balaban J connectivity index is 1.45. The van der Waals surface area contributed by atoms with Gasteiger partial charge in [0, 0.05) is 36.9 Å². The number of aromatic nitrogens is 4. The summed E-state index contributed by atoms with van der Waals surface area (Å²) in [5.41, 5.74) is 3.22. The van der Waals surface area contributed by atoms with E-state index in [1.807, 2.05) is 36.4 Å². The van der Waals surface area contributed by atoms with Crippen molar-refractivity contribution in [3.63, 3.8) is 0 Å². The second-order valence-electron chi connectivity index (χ2n) is 4.82. The standard InChI is InChI=1S/C16H11BN4O2/c1-3-13-15(20-7-5-18-13)9-11(1)22-17-23-12-2-4-14-16(10-12)21-8-6-19-14/h1-10,17H. The summed E-state index contributed by atoms with van der Waals surface area (Å²) in [4.78, 5) is 16.9. The molecule has 0 N–H and O–H groups in total. The van der Waals surface area contributed by atoms with Crippen molar-refractivity contribution >= 4 is 29.8 Å². The zero-order chi connectivity index (χ0) is 15.5. The molecule has 110 valence electrons. The fourth-order valence-corrected chi connectivity index (χ4v) is 2.23. The molecule has 0 unspecified atom stereocenters. The lowest BCUT2D eigenvalue weighted by molar-refractivity contribution is 0.459. The van der Waals surface area contributed by atoms with E-state index >= 15 is 0 Å². The van der Waals surface area contributed by atoms with Crippen LogP contribution in [0.1, 0.15) is 0 Å². The van der Waals surface area contributed by atoms with E-state index in [-0.39, 0.29) is 7.69 Å². The van der Waals surface area contributed by atoms with Crippen molar-refractivity contribution in [1.29, 1.82) is 0 Å². The Kier molecular flexibility index (Phi) is 3.44. The minimum absolute atomic E-state index is 0.0948. The predicted molar refractivity (Wildman–Crippen MR) is 87.5 cm³/mol. The molecule has 2 aromatic heterocycles. The maximum atomic E-state index is 5.60. The molecule has 4 aromatic rings. The molecule has 0 aliphatic carbocycles. The molecule has 0 atom stereocenters. The van der Waals surface area contributed by atoms with E-state index in [1.165, 1.54) is 0 Å². The minimum atomic E-state index is 0.0948. The van der Waals surface area contributed by atoms with Gasteiger partial charge < -0.3 is 9.31 Å². The van der Waals surface area contributed by atoms with Gasteiger partial charge in [0.25, 0.3) is 0 Å². The average Bonchev–Trinajstić information content (AvgIpc) is 2.61. The monoisotopic (exact) mass is 302 g/mol. The predicted octanol–water partition coefficient (Wildman–Crippen LogP) is 2.30. The van der Waals surface area contributed by atoms with Gasteiger partial charge in [-0.05, 0) is 24.3 Å². The molecule has 0 aliphatic heterocycles. The number of rotatable bonds is 4. The number of hydrogen-bond donors (Lipinski definition) is 0. The fraction of sp³-hybridized carbons (Fsp3) is 0. The minimum Gasteiger partial charge on any atom is -0.528 e. The summed E-state index contributed by atoms with van der Waals surface area (Å²) in [6.07, 6.45) is 6.63. The van der Waals surface area contributed by atoms with Crippen LogP contribution in [0.2, 0.25) is 0 Å². The molecule has 23 heavy (non-hydrogen) atoms. The Morgan fingerprint density at radius 1 is 0.565 bits per heavy atom. The molecule has 6 nitrogen and oxygen atoms in total. The number of benzene rings is 2. The van der Waals surface area contributed by atoms with E-state index in [9.17, 15) is 0 Å². The largest absolute Gasteiger partial charge is 0.576 e. The third-order valence-electron chi connectivity index (χ3n) is 3.33. The maximum Gasteiger partial charge on any atom is 0.576 e. The van der Waals surface area contributed by atoms with Crippen molar-refractivity contribution in [2.75, 3.05) is 0 Å².